The molecule has 1 atom stereocenters. The van der Waals surface area contributed by atoms with Gasteiger partial charge in [-0.25, -0.2) is 0 Å². The summed E-state index contributed by atoms with van der Waals surface area (Å²) in [5, 5.41) is 6.13. The molecule has 0 bridgehead atoms. The van der Waals surface area contributed by atoms with Crippen LogP contribution in [0.5, 0.6) is 5.75 Å². The number of ether oxygens (including phenoxy) is 1. The average Bonchev–Trinajstić information content (AvgIpc) is 2.42. The van der Waals surface area contributed by atoms with Gasteiger partial charge in [-0.3, -0.25) is 4.79 Å². The van der Waals surface area contributed by atoms with Crippen molar-refractivity contribution in [3.8, 4) is 5.75 Å². The minimum absolute atomic E-state index is 0.0970. The van der Waals surface area contributed by atoms with Gasteiger partial charge in [0.25, 0.3) is 0 Å². The Labute approximate surface area is 129 Å². The van der Waals surface area contributed by atoms with Gasteiger partial charge in [-0.2, -0.15) is 0 Å². The van der Waals surface area contributed by atoms with E-state index in [0.29, 0.717) is 19.6 Å². The first-order chi connectivity index (χ1) is 9.61. The minimum atomic E-state index is 0.0970. The zero-order chi connectivity index (χ0) is 14.8. The second kappa shape index (κ2) is 9.77. The van der Waals surface area contributed by atoms with Gasteiger partial charge in [0.05, 0.1) is 0 Å². The largest absolute Gasteiger partial charge is 0.492 e. The van der Waals surface area contributed by atoms with E-state index in [2.05, 4.69) is 33.5 Å². The maximum absolute atomic E-state index is 11.5. The molecule has 0 aromatic heterocycles. The van der Waals surface area contributed by atoms with Crippen molar-refractivity contribution in [2.75, 3.05) is 19.7 Å². The highest BCUT2D eigenvalue weighted by molar-refractivity contribution is 9.10. The molecule has 1 aromatic carbocycles. The van der Waals surface area contributed by atoms with Gasteiger partial charge in [0.2, 0.25) is 5.91 Å². The molecule has 0 saturated heterocycles. The Hall–Kier alpha value is -1.07. The zero-order valence-corrected chi connectivity index (χ0v) is 13.7. The van der Waals surface area contributed by atoms with E-state index in [4.69, 9.17) is 4.74 Å². The lowest BCUT2D eigenvalue weighted by molar-refractivity contribution is -0.121. The highest BCUT2D eigenvalue weighted by Gasteiger charge is 2.04. The predicted molar refractivity (Wildman–Crippen MR) is 85.0 cm³/mol. The van der Waals surface area contributed by atoms with Crippen LogP contribution in [0.25, 0.3) is 0 Å². The van der Waals surface area contributed by atoms with Crippen LogP contribution in [0, 0.1) is 0 Å². The highest BCUT2D eigenvalue weighted by Crippen LogP contribution is 2.17. The molecule has 20 heavy (non-hydrogen) atoms. The summed E-state index contributed by atoms with van der Waals surface area (Å²) < 4.78 is 6.59. The molecule has 1 aromatic rings. The third-order valence-electron chi connectivity index (χ3n) is 2.89. The first-order valence-corrected chi connectivity index (χ1v) is 7.79. The Morgan fingerprint density at radius 2 is 2.20 bits per heavy atom. The Bertz CT molecular complexity index is 413. The van der Waals surface area contributed by atoms with Crippen molar-refractivity contribution in [2.24, 2.45) is 0 Å². The molecular weight excluding hydrogens is 320 g/mol. The monoisotopic (exact) mass is 342 g/mol. The van der Waals surface area contributed by atoms with Gasteiger partial charge in [-0.1, -0.05) is 28.9 Å². The molecule has 0 radical (unpaired) electrons. The third kappa shape index (κ3) is 7.50. The summed E-state index contributed by atoms with van der Waals surface area (Å²) in [6, 6.07) is 8.00. The van der Waals surface area contributed by atoms with Crippen LogP contribution in [0.1, 0.15) is 26.7 Å². The van der Waals surface area contributed by atoms with Crippen LogP contribution in [0.4, 0.5) is 0 Å². The molecule has 1 unspecified atom stereocenters. The summed E-state index contributed by atoms with van der Waals surface area (Å²) in [6.45, 7) is 6.05. The van der Waals surface area contributed by atoms with E-state index in [-0.39, 0.29) is 11.9 Å². The lowest BCUT2D eigenvalue weighted by Gasteiger charge is -2.11. The smallest absolute Gasteiger partial charge is 0.221 e. The highest BCUT2D eigenvalue weighted by atomic mass is 79.9. The summed E-state index contributed by atoms with van der Waals surface area (Å²) in [7, 11) is 0. The van der Waals surface area contributed by atoms with Gasteiger partial charge in [-0.05, 0) is 31.5 Å². The fourth-order valence-electron chi connectivity index (χ4n) is 1.57. The maximum Gasteiger partial charge on any atom is 0.221 e. The fraction of sp³-hybridized carbons (Fsp3) is 0.533. The molecule has 0 aliphatic rings. The summed E-state index contributed by atoms with van der Waals surface area (Å²) in [6.07, 6.45) is 1.46. The van der Waals surface area contributed by atoms with E-state index in [1.54, 1.807) is 0 Å². The standard InChI is InChI=1S/C15H23BrN2O2/c1-3-12(2)18-15(19)7-8-17-9-10-20-14-6-4-5-13(16)11-14/h4-6,11-12,17H,3,7-10H2,1-2H3,(H,18,19). The van der Waals surface area contributed by atoms with Gasteiger partial charge >= 0.3 is 0 Å². The Balaban J connectivity index is 2.04. The van der Waals surface area contributed by atoms with Crippen molar-refractivity contribution in [3.05, 3.63) is 28.7 Å². The Morgan fingerprint density at radius 3 is 2.90 bits per heavy atom. The van der Waals surface area contributed by atoms with E-state index in [0.717, 1.165) is 23.2 Å². The number of nitrogens with one attached hydrogen (secondary N) is 2. The number of benzene rings is 1. The zero-order valence-electron chi connectivity index (χ0n) is 12.1. The van der Waals surface area contributed by atoms with Crippen LogP contribution in [-0.4, -0.2) is 31.6 Å². The molecule has 112 valence electrons. The quantitative estimate of drug-likeness (QED) is 0.678. The number of amides is 1. The van der Waals surface area contributed by atoms with Crippen LogP contribution in [-0.2, 0) is 4.79 Å². The Morgan fingerprint density at radius 1 is 1.40 bits per heavy atom. The summed E-state index contributed by atoms with van der Waals surface area (Å²) in [5.74, 6) is 0.940. The fourth-order valence-corrected chi connectivity index (χ4v) is 1.95. The SMILES string of the molecule is CCC(C)NC(=O)CCNCCOc1cccc(Br)c1. The molecule has 0 spiro atoms. The average molecular weight is 343 g/mol. The molecule has 0 fully saturated rings. The van der Waals surface area contributed by atoms with E-state index in [9.17, 15) is 4.79 Å². The van der Waals surface area contributed by atoms with Gasteiger partial charge < -0.3 is 15.4 Å². The van der Waals surface area contributed by atoms with E-state index >= 15 is 0 Å². The van der Waals surface area contributed by atoms with E-state index in [1.165, 1.54) is 0 Å². The Kier molecular flexibility index (Phi) is 8.30. The van der Waals surface area contributed by atoms with E-state index < -0.39 is 0 Å². The van der Waals surface area contributed by atoms with Gasteiger partial charge in [0, 0.05) is 30.0 Å². The van der Waals surface area contributed by atoms with Crippen molar-refractivity contribution < 1.29 is 9.53 Å². The third-order valence-corrected chi connectivity index (χ3v) is 3.39. The van der Waals surface area contributed by atoms with Crippen LogP contribution in [0.3, 0.4) is 0 Å². The predicted octanol–water partition coefficient (Wildman–Crippen LogP) is 2.72. The number of hydrogen-bond acceptors (Lipinski definition) is 3. The van der Waals surface area contributed by atoms with Gasteiger partial charge in [0.1, 0.15) is 12.4 Å². The van der Waals surface area contributed by atoms with Crippen molar-refractivity contribution >= 4 is 21.8 Å². The van der Waals surface area contributed by atoms with Crippen molar-refractivity contribution in [2.45, 2.75) is 32.7 Å². The second-order valence-electron chi connectivity index (χ2n) is 4.68. The van der Waals surface area contributed by atoms with Gasteiger partial charge in [0.15, 0.2) is 0 Å². The first-order valence-electron chi connectivity index (χ1n) is 7.00. The molecule has 1 rings (SSSR count). The summed E-state index contributed by atoms with van der Waals surface area (Å²) in [4.78, 5) is 11.5. The number of carbonyl (C=O) groups is 1. The molecule has 2 N–H and O–H groups in total. The topological polar surface area (TPSA) is 50.4 Å². The molecule has 0 saturated carbocycles. The summed E-state index contributed by atoms with van der Waals surface area (Å²) in [5.41, 5.74) is 0. The number of carbonyl (C=O) groups excluding carboxylic acids is 1. The molecule has 5 heteroatoms. The maximum atomic E-state index is 11.5. The number of rotatable bonds is 9. The van der Waals surface area contributed by atoms with Crippen molar-refractivity contribution in [1.29, 1.82) is 0 Å². The van der Waals surface area contributed by atoms with Crippen molar-refractivity contribution in [1.82, 2.24) is 10.6 Å². The minimum Gasteiger partial charge on any atom is -0.492 e. The number of hydrogen-bond donors (Lipinski definition) is 2. The van der Waals surface area contributed by atoms with Crippen LogP contribution < -0.4 is 15.4 Å². The van der Waals surface area contributed by atoms with E-state index in [1.807, 2.05) is 31.2 Å². The van der Waals surface area contributed by atoms with Gasteiger partial charge in [-0.15, -0.1) is 0 Å². The van der Waals surface area contributed by atoms with Crippen LogP contribution >= 0.6 is 15.9 Å². The molecule has 4 nitrogen and oxygen atoms in total. The molecule has 1 amide bonds. The lowest BCUT2D eigenvalue weighted by Crippen LogP contribution is -2.34. The molecule has 0 aliphatic heterocycles. The summed E-state index contributed by atoms with van der Waals surface area (Å²) >= 11 is 3.40. The lowest BCUT2D eigenvalue weighted by atomic mass is 10.2. The first kappa shape index (κ1) is 17.0. The normalized spacial score (nSPS) is 11.9. The number of halogens is 1. The van der Waals surface area contributed by atoms with Crippen LogP contribution in [0.15, 0.2) is 28.7 Å². The molecule has 0 heterocycles. The van der Waals surface area contributed by atoms with Crippen molar-refractivity contribution in [3.63, 3.8) is 0 Å². The molecule has 0 aliphatic carbocycles. The second-order valence-corrected chi connectivity index (χ2v) is 5.60. The van der Waals surface area contributed by atoms with Crippen LogP contribution in [0.2, 0.25) is 0 Å². The molecular formula is C15H23BrN2O2.